The lowest BCUT2D eigenvalue weighted by Crippen LogP contribution is -2.12. The Bertz CT molecular complexity index is 653. The number of nitrogens with zero attached hydrogens (tertiary/aromatic N) is 1. The molecule has 0 saturated carbocycles. The molecule has 1 aromatic carbocycles. The molecule has 19 heavy (non-hydrogen) atoms. The fourth-order valence-corrected chi connectivity index (χ4v) is 1.84. The Morgan fingerprint density at radius 1 is 1.42 bits per heavy atom. The fourth-order valence-electron chi connectivity index (χ4n) is 1.50. The predicted molar refractivity (Wildman–Crippen MR) is 77.6 cm³/mol. The molecule has 6 heteroatoms. The summed E-state index contributed by atoms with van der Waals surface area (Å²) in [7, 11) is 0. The number of H-pyrrole nitrogens is 1. The minimum atomic E-state index is -0.242. The van der Waals surface area contributed by atoms with E-state index >= 15 is 0 Å². The van der Waals surface area contributed by atoms with Crippen LogP contribution in [0.5, 0.6) is 11.6 Å². The quantitative estimate of drug-likeness (QED) is 0.851. The molecule has 5 nitrogen and oxygen atoms in total. The topological polar surface area (TPSA) is 81.0 Å². The minimum Gasteiger partial charge on any atom is -0.437 e. The third kappa shape index (κ3) is 3.14. The van der Waals surface area contributed by atoms with Gasteiger partial charge in [0.2, 0.25) is 5.88 Å². The van der Waals surface area contributed by atoms with Gasteiger partial charge in [0, 0.05) is 11.6 Å². The zero-order chi connectivity index (χ0) is 14.0. The number of aromatic amines is 1. The number of anilines is 1. The molecule has 1 aromatic heterocycles. The number of nitrogens with one attached hydrogen (secondary N) is 1. The van der Waals surface area contributed by atoms with Gasteiger partial charge in [0.15, 0.2) is 0 Å². The van der Waals surface area contributed by atoms with Gasteiger partial charge in [-0.25, -0.2) is 0 Å². The van der Waals surface area contributed by atoms with Gasteiger partial charge < -0.3 is 15.5 Å². The van der Waals surface area contributed by atoms with Gasteiger partial charge >= 0.3 is 0 Å². The van der Waals surface area contributed by atoms with Crippen molar-refractivity contribution in [3.05, 3.63) is 44.9 Å². The Morgan fingerprint density at radius 3 is 2.84 bits per heavy atom. The normalized spacial score (nSPS) is 10.7. The van der Waals surface area contributed by atoms with Gasteiger partial charge in [0.1, 0.15) is 11.6 Å². The molecule has 0 fully saturated rings. The maximum Gasteiger partial charge on any atom is 0.254 e. The van der Waals surface area contributed by atoms with Crippen molar-refractivity contribution in [2.24, 2.45) is 0 Å². The van der Waals surface area contributed by atoms with E-state index in [-0.39, 0.29) is 17.4 Å². The fraction of sp³-hybridized carbons (Fsp3) is 0.231. The lowest BCUT2D eigenvalue weighted by atomic mass is 10.2. The average Bonchev–Trinajstić information content (AvgIpc) is 2.34. The molecule has 0 amide bonds. The van der Waals surface area contributed by atoms with Crippen LogP contribution in [0.3, 0.4) is 0 Å². The van der Waals surface area contributed by atoms with E-state index < -0.39 is 0 Å². The minimum absolute atomic E-state index is 0.112. The van der Waals surface area contributed by atoms with Crippen LogP contribution >= 0.6 is 15.9 Å². The third-order valence-corrected chi connectivity index (χ3v) is 3.34. The lowest BCUT2D eigenvalue weighted by molar-refractivity contribution is 0.453. The number of nitrogen functional groups attached to an aromatic ring is 1. The molecule has 0 aliphatic heterocycles. The molecule has 100 valence electrons. The van der Waals surface area contributed by atoms with Crippen molar-refractivity contribution in [2.45, 2.75) is 19.8 Å². The smallest absolute Gasteiger partial charge is 0.254 e. The summed E-state index contributed by atoms with van der Waals surface area (Å²) in [6.45, 7) is 3.89. The van der Waals surface area contributed by atoms with Gasteiger partial charge in [-0.2, -0.15) is 4.98 Å². The van der Waals surface area contributed by atoms with Crippen molar-refractivity contribution in [1.29, 1.82) is 0 Å². The van der Waals surface area contributed by atoms with E-state index in [1.54, 1.807) is 18.2 Å². The van der Waals surface area contributed by atoms with Gasteiger partial charge in [-0.15, -0.1) is 0 Å². The summed E-state index contributed by atoms with van der Waals surface area (Å²) in [6.07, 6.45) is 0. The number of halogens is 1. The van der Waals surface area contributed by atoms with Crippen LogP contribution in [0, 0.1) is 0 Å². The van der Waals surface area contributed by atoms with Crippen LogP contribution in [-0.4, -0.2) is 9.97 Å². The largest absolute Gasteiger partial charge is 0.437 e. The van der Waals surface area contributed by atoms with E-state index in [0.29, 0.717) is 21.7 Å². The van der Waals surface area contributed by atoms with E-state index in [9.17, 15) is 4.79 Å². The maximum absolute atomic E-state index is 11.5. The molecule has 0 aliphatic rings. The second-order valence-corrected chi connectivity index (χ2v) is 5.18. The highest BCUT2D eigenvalue weighted by Gasteiger charge is 2.09. The molecule has 0 radical (unpaired) electrons. The van der Waals surface area contributed by atoms with Crippen molar-refractivity contribution < 1.29 is 4.74 Å². The van der Waals surface area contributed by atoms with Crippen molar-refractivity contribution in [1.82, 2.24) is 9.97 Å². The molecule has 0 spiro atoms. The Kier molecular flexibility index (Phi) is 3.90. The van der Waals surface area contributed by atoms with Crippen molar-refractivity contribution >= 4 is 21.6 Å². The first-order valence-corrected chi connectivity index (χ1v) is 6.59. The third-order valence-electron chi connectivity index (χ3n) is 2.49. The van der Waals surface area contributed by atoms with Crippen LogP contribution in [0.15, 0.2) is 33.5 Å². The number of hydrogen-bond acceptors (Lipinski definition) is 4. The van der Waals surface area contributed by atoms with E-state index in [1.807, 2.05) is 13.8 Å². The Labute approximate surface area is 119 Å². The summed E-state index contributed by atoms with van der Waals surface area (Å²) >= 11 is 3.34. The van der Waals surface area contributed by atoms with Crippen LogP contribution < -0.4 is 16.0 Å². The first-order chi connectivity index (χ1) is 8.97. The van der Waals surface area contributed by atoms with Gasteiger partial charge in [-0.05, 0) is 28.1 Å². The molecular weight excluding hydrogens is 310 g/mol. The molecule has 2 rings (SSSR count). The predicted octanol–water partition coefficient (Wildman–Crippen LogP) is 3.03. The number of aromatic nitrogens is 2. The van der Waals surface area contributed by atoms with Crippen LogP contribution in [0.1, 0.15) is 25.6 Å². The zero-order valence-corrected chi connectivity index (χ0v) is 12.2. The summed E-state index contributed by atoms with van der Waals surface area (Å²) in [5.41, 5.74) is 6.09. The summed E-state index contributed by atoms with van der Waals surface area (Å²) in [5.74, 6) is 1.47. The van der Waals surface area contributed by atoms with Crippen molar-refractivity contribution in [3.8, 4) is 11.6 Å². The summed E-state index contributed by atoms with van der Waals surface area (Å²) in [5, 5.41) is 0. The van der Waals surface area contributed by atoms with Gasteiger partial charge in [0.25, 0.3) is 5.56 Å². The highest BCUT2D eigenvalue weighted by molar-refractivity contribution is 9.10. The molecule has 2 aromatic rings. The first kappa shape index (κ1) is 13.6. The van der Waals surface area contributed by atoms with Crippen LogP contribution in [0.2, 0.25) is 0 Å². The molecule has 0 unspecified atom stereocenters. The van der Waals surface area contributed by atoms with Crippen LogP contribution in [0.25, 0.3) is 0 Å². The maximum atomic E-state index is 11.5. The SMILES string of the molecule is CC(C)c1nc(Oc2cccc(N)c2Br)cc(=O)[nH]1. The van der Waals surface area contributed by atoms with Gasteiger partial charge in [-0.3, -0.25) is 4.79 Å². The molecule has 0 saturated heterocycles. The monoisotopic (exact) mass is 323 g/mol. The summed E-state index contributed by atoms with van der Waals surface area (Å²) in [6, 6.07) is 6.58. The van der Waals surface area contributed by atoms with Crippen molar-refractivity contribution in [3.63, 3.8) is 0 Å². The Balaban J connectivity index is 2.38. The molecule has 0 atom stereocenters. The summed E-state index contributed by atoms with van der Waals surface area (Å²) < 4.78 is 6.25. The summed E-state index contributed by atoms with van der Waals surface area (Å²) in [4.78, 5) is 18.5. The van der Waals surface area contributed by atoms with Crippen LogP contribution in [0.4, 0.5) is 5.69 Å². The van der Waals surface area contributed by atoms with E-state index in [2.05, 4.69) is 25.9 Å². The number of nitrogens with two attached hydrogens (primary N) is 1. The molecule has 0 bridgehead atoms. The number of rotatable bonds is 3. The average molecular weight is 324 g/mol. The number of ether oxygens (including phenoxy) is 1. The molecular formula is C13H14BrN3O2. The molecule has 0 aliphatic carbocycles. The zero-order valence-electron chi connectivity index (χ0n) is 10.6. The number of hydrogen-bond donors (Lipinski definition) is 2. The molecule has 1 heterocycles. The number of benzene rings is 1. The Morgan fingerprint density at radius 2 is 2.16 bits per heavy atom. The second-order valence-electron chi connectivity index (χ2n) is 4.38. The van der Waals surface area contributed by atoms with Gasteiger partial charge in [0.05, 0.1) is 10.5 Å². The second kappa shape index (κ2) is 5.44. The van der Waals surface area contributed by atoms with Crippen molar-refractivity contribution in [2.75, 3.05) is 5.73 Å². The first-order valence-electron chi connectivity index (χ1n) is 5.80. The standard InChI is InChI=1S/C13H14BrN3O2/c1-7(2)13-16-10(18)6-11(17-13)19-9-5-3-4-8(15)12(9)14/h3-7H,15H2,1-2H3,(H,16,17,18). The highest BCUT2D eigenvalue weighted by atomic mass is 79.9. The Hall–Kier alpha value is -1.82. The molecule has 3 N–H and O–H groups in total. The van der Waals surface area contributed by atoms with E-state index in [0.717, 1.165) is 0 Å². The highest BCUT2D eigenvalue weighted by Crippen LogP contribution is 2.32. The van der Waals surface area contributed by atoms with E-state index in [4.69, 9.17) is 10.5 Å². The van der Waals surface area contributed by atoms with Crippen LogP contribution in [-0.2, 0) is 0 Å². The van der Waals surface area contributed by atoms with E-state index in [1.165, 1.54) is 6.07 Å². The van der Waals surface area contributed by atoms with Gasteiger partial charge in [-0.1, -0.05) is 19.9 Å². The lowest BCUT2D eigenvalue weighted by Gasteiger charge is -2.10.